The van der Waals surface area contributed by atoms with Gasteiger partial charge in [0.15, 0.2) is 0 Å². The summed E-state index contributed by atoms with van der Waals surface area (Å²) in [5.74, 6) is -0.853. The standard InChI is InChI=1S/C13H15N3O2/c1-8-12(7-13(17)18)9(2)16(15-8)11-5-3-4-10(14)6-11/h3-6H,7,14H2,1-2H3,(H,17,18). The number of nitrogens with two attached hydrogens (primary N) is 1. The molecule has 0 spiro atoms. The summed E-state index contributed by atoms with van der Waals surface area (Å²) >= 11 is 0. The van der Waals surface area contributed by atoms with Crippen LogP contribution in [0.1, 0.15) is 17.0 Å². The molecule has 0 saturated heterocycles. The third-order valence-electron chi connectivity index (χ3n) is 2.88. The zero-order valence-corrected chi connectivity index (χ0v) is 10.3. The van der Waals surface area contributed by atoms with Crippen molar-refractivity contribution in [3.05, 3.63) is 41.2 Å². The van der Waals surface area contributed by atoms with Gasteiger partial charge in [-0.1, -0.05) is 6.07 Å². The zero-order valence-electron chi connectivity index (χ0n) is 10.3. The van der Waals surface area contributed by atoms with Gasteiger partial charge in [-0.25, -0.2) is 4.68 Å². The van der Waals surface area contributed by atoms with Crippen molar-refractivity contribution in [3.8, 4) is 5.69 Å². The number of hydrogen-bond donors (Lipinski definition) is 2. The lowest BCUT2D eigenvalue weighted by Crippen LogP contribution is -2.03. The smallest absolute Gasteiger partial charge is 0.307 e. The van der Waals surface area contributed by atoms with Gasteiger partial charge in [0.25, 0.3) is 0 Å². The van der Waals surface area contributed by atoms with Crippen LogP contribution in [-0.4, -0.2) is 20.9 Å². The number of rotatable bonds is 3. The Morgan fingerprint density at radius 3 is 2.78 bits per heavy atom. The van der Waals surface area contributed by atoms with Gasteiger partial charge < -0.3 is 10.8 Å². The summed E-state index contributed by atoms with van der Waals surface area (Å²) in [6.07, 6.45) is -0.0139. The lowest BCUT2D eigenvalue weighted by atomic mass is 10.1. The summed E-state index contributed by atoms with van der Waals surface area (Å²) in [4.78, 5) is 10.8. The van der Waals surface area contributed by atoms with Crippen LogP contribution < -0.4 is 5.73 Å². The third kappa shape index (κ3) is 2.20. The fourth-order valence-corrected chi connectivity index (χ4v) is 1.99. The van der Waals surface area contributed by atoms with Crippen molar-refractivity contribution in [2.75, 3.05) is 5.73 Å². The summed E-state index contributed by atoms with van der Waals surface area (Å²) in [6.45, 7) is 3.68. The predicted octanol–water partition coefficient (Wildman–Crippen LogP) is 1.70. The highest BCUT2D eigenvalue weighted by atomic mass is 16.4. The maximum atomic E-state index is 10.8. The molecule has 0 bridgehead atoms. The lowest BCUT2D eigenvalue weighted by molar-refractivity contribution is -0.136. The molecule has 2 rings (SSSR count). The fourth-order valence-electron chi connectivity index (χ4n) is 1.99. The van der Waals surface area contributed by atoms with E-state index in [2.05, 4.69) is 5.10 Å². The Morgan fingerprint density at radius 1 is 1.44 bits per heavy atom. The number of nitrogens with zero attached hydrogens (tertiary/aromatic N) is 2. The Labute approximate surface area is 105 Å². The molecule has 0 unspecified atom stereocenters. The molecule has 5 heteroatoms. The van der Waals surface area contributed by atoms with Crippen LogP contribution in [0.5, 0.6) is 0 Å². The van der Waals surface area contributed by atoms with E-state index in [1.54, 1.807) is 10.7 Å². The number of aryl methyl sites for hydroxylation is 1. The first-order valence-electron chi connectivity index (χ1n) is 5.62. The molecule has 1 heterocycles. The highest BCUT2D eigenvalue weighted by Gasteiger charge is 2.15. The van der Waals surface area contributed by atoms with Crippen LogP contribution in [0.4, 0.5) is 5.69 Å². The summed E-state index contributed by atoms with van der Waals surface area (Å²) in [7, 11) is 0. The normalized spacial score (nSPS) is 10.6. The highest BCUT2D eigenvalue weighted by molar-refractivity contribution is 5.71. The monoisotopic (exact) mass is 245 g/mol. The van der Waals surface area contributed by atoms with Gasteiger partial charge in [0, 0.05) is 16.9 Å². The first-order chi connectivity index (χ1) is 8.49. The molecule has 0 atom stereocenters. The van der Waals surface area contributed by atoms with E-state index in [-0.39, 0.29) is 6.42 Å². The SMILES string of the molecule is Cc1nn(-c2cccc(N)c2)c(C)c1CC(=O)O. The van der Waals surface area contributed by atoms with E-state index in [9.17, 15) is 4.79 Å². The maximum Gasteiger partial charge on any atom is 0.307 e. The minimum atomic E-state index is -0.853. The van der Waals surface area contributed by atoms with Crippen LogP contribution in [0, 0.1) is 13.8 Å². The number of aliphatic carboxylic acids is 1. The molecule has 18 heavy (non-hydrogen) atoms. The minimum absolute atomic E-state index is 0.0139. The molecule has 0 saturated carbocycles. The van der Waals surface area contributed by atoms with Gasteiger partial charge in [-0.15, -0.1) is 0 Å². The molecular weight excluding hydrogens is 230 g/mol. The second-order valence-electron chi connectivity index (χ2n) is 4.23. The van der Waals surface area contributed by atoms with Crippen molar-refractivity contribution >= 4 is 11.7 Å². The number of carboxylic acid groups (broad SMARTS) is 1. The first-order valence-corrected chi connectivity index (χ1v) is 5.62. The quantitative estimate of drug-likeness (QED) is 0.806. The second kappa shape index (κ2) is 4.52. The molecule has 0 amide bonds. The fraction of sp³-hybridized carbons (Fsp3) is 0.231. The second-order valence-corrected chi connectivity index (χ2v) is 4.23. The van der Waals surface area contributed by atoms with Gasteiger partial charge >= 0.3 is 5.97 Å². The Hall–Kier alpha value is -2.30. The van der Waals surface area contributed by atoms with E-state index >= 15 is 0 Å². The zero-order chi connectivity index (χ0) is 13.3. The molecule has 0 aliphatic carbocycles. The van der Waals surface area contributed by atoms with Crippen molar-refractivity contribution < 1.29 is 9.90 Å². The van der Waals surface area contributed by atoms with E-state index < -0.39 is 5.97 Å². The van der Waals surface area contributed by atoms with E-state index in [1.165, 1.54) is 0 Å². The molecule has 0 radical (unpaired) electrons. The predicted molar refractivity (Wildman–Crippen MR) is 68.8 cm³/mol. The van der Waals surface area contributed by atoms with Crippen LogP contribution in [0.15, 0.2) is 24.3 Å². The van der Waals surface area contributed by atoms with Crippen molar-refractivity contribution in [1.29, 1.82) is 0 Å². The Morgan fingerprint density at radius 2 is 2.17 bits per heavy atom. The van der Waals surface area contributed by atoms with Gasteiger partial charge in [0.05, 0.1) is 17.8 Å². The number of nitrogen functional groups attached to an aromatic ring is 1. The highest BCUT2D eigenvalue weighted by Crippen LogP contribution is 2.19. The molecule has 2 aromatic rings. The average molecular weight is 245 g/mol. The molecule has 0 fully saturated rings. The number of carbonyl (C=O) groups is 1. The maximum absolute atomic E-state index is 10.8. The Kier molecular flexibility index (Phi) is 3.06. The molecule has 0 aliphatic heterocycles. The van der Waals surface area contributed by atoms with E-state index in [0.29, 0.717) is 5.69 Å². The third-order valence-corrected chi connectivity index (χ3v) is 2.88. The largest absolute Gasteiger partial charge is 0.481 e. The Balaban J connectivity index is 2.50. The van der Waals surface area contributed by atoms with Gasteiger partial charge in [0.2, 0.25) is 0 Å². The molecule has 94 valence electrons. The average Bonchev–Trinajstić information content (AvgIpc) is 2.56. The van der Waals surface area contributed by atoms with Crippen molar-refractivity contribution in [3.63, 3.8) is 0 Å². The van der Waals surface area contributed by atoms with E-state index in [1.807, 2.05) is 32.0 Å². The summed E-state index contributed by atoms with van der Waals surface area (Å²) in [6, 6.07) is 7.34. The minimum Gasteiger partial charge on any atom is -0.481 e. The van der Waals surface area contributed by atoms with Crippen LogP contribution in [-0.2, 0) is 11.2 Å². The van der Waals surface area contributed by atoms with Crippen LogP contribution in [0.25, 0.3) is 5.69 Å². The number of carboxylic acids is 1. The van der Waals surface area contributed by atoms with Crippen molar-refractivity contribution in [2.24, 2.45) is 0 Å². The van der Waals surface area contributed by atoms with Gasteiger partial charge in [-0.3, -0.25) is 4.79 Å². The number of hydrogen-bond acceptors (Lipinski definition) is 3. The van der Waals surface area contributed by atoms with Crippen molar-refractivity contribution in [1.82, 2.24) is 9.78 Å². The summed E-state index contributed by atoms with van der Waals surface area (Å²) in [5.41, 5.74) is 9.55. The number of anilines is 1. The molecule has 1 aromatic heterocycles. The lowest BCUT2D eigenvalue weighted by Gasteiger charge is -2.05. The van der Waals surface area contributed by atoms with Crippen LogP contribution >= 0.6 is 0 Å². The molecular formula is C13H15N3O2. The van der Waals surface area contributed by atoms with E-state index in [4.69, 9.17) is 10.8 Å². The van der Waals surface area contributed by atoms with Gasteiger partial charge in [-0.05, 0) is 32.0 Å². The molecule has 0 aliphatic rings. The summed E-state index contributed by atoms with van der Waals surface area (Å²) in [5, 5.41) is 13.3. The van der Waals surface area contributed by atoms with Crippen LogP contribution in [0.2, 0.25) is 0 Å². The van der Waals surface area contributed by atoms with Gasteiger partial charge in [-0.2, -0.15) is 5.10 Å². The number of aromatic nitrogens is 2. The van der Waals surface area contributed by atoms with Crippen molar-refractivity contribution in [2.45, 2.75) is 20.3 Å². The number of benzene rings is 1. The first kappa shape index (κ1) is 12.2. The molecule has 3 N–H and O–H groups in total. The molecule has 1 aromatic carbocycles. The Bertz CT molecular complexity index is 602. The van der Waals surface area contributed by atoms with Gasteiger partial charge in [0.1, 0.15) is 0 Å². The van der Waals surface area contributed by atoms with Crippen LogP contribution in [0.3, 0.4) is 0 Å². The molecule has 5 nitrogen and oxygen atoms in total. The summed E-state index contributed by atoms with van der Waals surface area (Å²) < 4.78 is 1.73. The van der Waals surface area contributed by atoms with E-state index in [0.717, 1.165) is 22.6 Å². The topological polar surface area (TPSA) is 81.1 Å².